The number of methoxy groups -OCH3 is 1. The lowest BCUT2D eigenvalue weighted by molar-refractivity contribution is -0.137. The average Bonchev–Trinajstić information content (AvgIpc) is 2.98. The number of carboxylic acid groups (broad SMARTS) is 1. The molecule has 4 aromatic rings. The summed E-state index contributed by atoms with van der Waals surface area (Å²) in [6.07, 6.45) is -0.193. The number of carbonyl (C=O) groups is 3. The van der Waals surface area contributed by atoms with Crippen LogP contribution in [0.15, 0.2) is 97.1 Å². The number of hydrogen-bond acceptors (Lipinski definition) is 4. The van der Waals surface area contributed by atoms with Gasteiger partial charge < -0.3 is 20.1 Å². The highest BCUT2D eigenvalue weighted by Gasteiger charge is 2.23. The minimum atomic E-state index is -0.989. The molecule has 0 fully saturated rings. The van der Waals surface area contributed by atoms with Crippen molar-refractivity contribution in [2.24, 2.45) is 0 Å². The molecule has 0 aliphatic rings. The minimum Gasteiger partial charge on any atom is -0.497 e. The Balaban J connectivity index is 1.64. The highest BCUT2D eigenvalue weighted by molar-refractivity contribution is 6.06. The molecule has 0 aliphatic carbocycles. The van der Waals surface area contributed by atoms with E-state index in [4.69, 9.17) is 4.74 Å². The molecule has 0 unspecified atom stereocenters. The van der Waals surface area contributed by atoms with E-state index in [2.05, 4.69) is 5.32 Å². The van der Waals surface area contributed by atoms with Gasteiger partial charge in [0.25, 0.3) is 11.8 Å². The lowest BCUT2D eigenvalue weighted by Crippen LogP contribution is -2.33. The van der Waals surface area contributed by atoms with Crippen LogP contribution in [0.1, 0.15) is 43.8 Å². The van der Waals surface area contributed by atoms with Gasteiger partial charge in [0.1, 0.15) is 5.75 Å². The van der Waals surface area contributed by atoms with Crippen LogP contribution in [0.3, 0.4) is 0 Å². The zero-order valence-corrected chi connectivity index (χ0v) is 22.6. The number of carboxylic acids is 1. The zero-order chi connectivity index (χ0) is 28.5. The summed E-state index contributed by atoms with van der Waals surface area (Å²) >= 11 is 0. The molecule has 40 heavy (non-hydrogen) atoms. The van der Waals surface area contributed by atoms with Crippen LogP contribution in [0.5, 0.6) is 5.75 Å². The lowest BCUT2D eigenvalue weighted by atomic mass is 9.94. The fourth-order valence-electron chi connectivity index (χ4n) is 4.50. The van der Waals surface area contributed by atoms with Gasteiger partial charge in [0.05, 0.1) is 13.5 Å². The third-order valence-electron chi connectivity index (χ3n) is 6.74. The Morgan fingerprint density at radius 1 is 0.800 bits per heavy atom. The molecule has 2 amide bonds. The molecule has 0 heterocycles. The van der Waals surface area contributed by atoms with Crippen LogP contribution < -0.4 is 10.1 Å². The number of amides is 2. The van der Waals surface area contributed by atoms with Gasteiger partial charge in [-0.1, -0.05) is 72.8 Å². The quantitative estimate of drug-likeness (QED) is 0.256. The van der Waals surface area contributed by atoms with E-state index in [0.717, 1.165) is 16.7 Å². The standard InChI is InChI=1S/C33H32N2O5/c1-23-9-3-4-10-25(23)21-34-32(38)29-13-7-5-11-27(29)28-12-6-8-14-30(28)33(39)35(20-19-31(36)37)22-24-15-17-26(40-2)18-16-24/h3-18H,19-22H2,1-2H3,(H,34,38)(H,36,37). The first-order chi connectivity index (χ1) is 19.4. The van der Waals surface area contributed by atoms with Crippen molar-refractivity contribution in [3.05, 3.63) is 125 Å². The predicted octanol–water partition coefficient (Wildman–Crippen LogP) is 5.72. The fraction of sp³-hybridized carbons (Fsp3) is 0.182. The first-order valence-corrected chi connectivity index (χ1v) is 13.0. The number of aliphatic carboxylic acids is 1. The topological polar surface area (TPSA) is 95.9 Å². The molecule has 2 N–H and O–H groups in total. The maximum Gasteiger partial charge on any atom is 0.305 e. The van der Waals surface area contributed by atoms with Gasteiger partial charge in [0, 0.05) is 30.8 Å². The summed E-state index contributed by atoms with van der Waals surface area (Å²) in [5.74, 6) is -0.865. The molecular formula is C33H32N2O5. The third kappa shape index (κ3) is 6.94. The number of nitrogens with zero attached hydrogens (tertiary/aromatic N) is 1. The van der Waals surface area contributed by atoms with Crippen molar-refractivity contribution in [2.75, 3.05) is 13.7 Å². The SMILES string of the molecule is COc1ccc(CN(CCC(=O)O)C(=O)c2ccccc2-c2ccccc2C(=O)NCc2ccccc2C)cc1. The number of rotatable bonds is 11. The first-order valence-electron chi connectivity index (χ1n) is 13.0. The maximum absolute atomic E-state index is 13.9. The summed E-state index contributed by atoms with van der Waals surface area (Å²) < 4.78 is 5.22. The van der Waals surface area contributed by atoms with E-state index >= 15 is 0 Å². The molecule has 0 saturated heterocycles. The summed E-state index contributed by atoms with van der Waals surface area (Å²) in [5, 5.41) is 12.3. The highest BCUT2D eigenvalue weighted by atomic mass is 16.5. The molecule has 0 saturated carbocycles. The van der Waals surface area contributed by atoms with Crippen molar-refractivity contribution in [1.29, 1.82) is 0 Å². The van der Waals surface area contributed by atoms with Crippen molar-refractivity contribution < 1.29 is 24.2 Å². The predicted molar refractivity (Wildman–Crippen MR) is 154 cm³/mol. The Kier molecular flexibility index (Phi) is 9.31. The molecule has 0 aliphatic heterocycles. The first kappa shape index (κ1) is 28.1. The molecule has 204 valence electrons. The molecule has 0 spiro atoms. The Morgan fingerprint density at radius 2 is 1.40 bits per heavy atom. The summed E-state index contributed by atoms with van der Waals surface area (Å²) in [7, 11) is 1.58. The smallest absolute Gasteiger partial charge is 0.305 e. The summed E-state index contributed by atoms with van der Waals surface area (Å²) in [6.45, 7) is 2.64. The van der Waals surface area contributed by atoms with E-state index in [1.807, 2.05) is 67.6 Å². The van der Waals surface area contributed by atoms with Gasteiger partial charge in [-0.2, -0.15) is 0 Å². The monoisotopic (exact) mass is 536 g/mol. The normalized spacial score (nSPS) is 10.6. The Morgan fingerprint density at radius 3 is 2.05 bits per heavy atom. The summed E-state index contributed by atoms with van der Waals surface area (Å²) in [4.78, 5) is 40.2. The molecule has 7 heteroatoms. The molecule has 0 bridgehead atoms. The number of carbonyl (C=O) groups excluding carboxylic acids is 2. The Bertz CT molecular complexity index is 1500. The second-order valence-electron chi connectivity index (χ2n) is 9.42. The van der Waals surface area contributed by atoms with Crippen molar-refractivity contribution in [1.82, 2.24) is 10.2 Å². The van der Waals surface area contributed by atoms with Gasteiger partial charge in [0.2, 0.25) is 0 Å². The molecule has 7 nitrogen and oxygen atoms in total. The highest BCUT2D eigenvalue weighted by Crippen LogP contribution is 2.29. The van der Waals surface area contributed by atoms with Crippen molar-refractivity contribution in [2.45, 2.75) is 26.4 Å². The van der Waals surface area contributed by atoms with E-state index in [1.54, 1.807) is 43.5 Å². The van der Waals surface area contributed by atoms with E-state index in [1.165, 1.54) is 4.90 Å². The van der Waals surface area contributed by atoms with Gasteiger partial charge in [-0.15, -0.1) is 0 Å². The maximum atomic E-state index is 13.9. The van der Waals surface area contributed by atoms with Crippen LogP contribution in [0.2, 0.25) is 0 Å². The summed E-state index contributed by atoms with van der Waals surface area (Å²) in [5.41, 5.74) is 5.01. The number of aryl methyl sites for hydroxylation is 1. The number of benzene rings is 4. The Hall–Kier alpha value is -4.91. The van der Waals surface area contributed by atoms with E-state index in [0.29, 0.717) is 34.5 Å². The van der Waals surface area contributed by atoms with E-state index in [-0.39, 0.29) is 31.3 Å². The van der Waals surface area contributed by atoms with Crippen LogP contribution in [0, 0.1) is 6.92 Å². The molecule has 0 radical (unpaired) electrons. The molecule has 4 rings (SSSR count). The van der Waals surface area contributed by atoms with E-state index < -0.39 is 5.97 Å². The van der Waals surface area contributed by atoms with Crippen LogP contribution in [-0.2, 0) is 17.9 Å². The van der Waals surface area contributed by atoms with Crippen LogP contribution >= 0.6 is 0 Å². The minimum absolute atomic E-state index is 0.0348. The van der Waals surface area contributed by atoms with Gasteiger partial charge in [0.15, 0.2) is 0 Å². The second-order valence-corrected chi connectivity index (χ2v) is 9.42. The van der Waals surface area contributed by atoms with Gasteiger partial charge in [-0.05, 0) is 59.0 Å². The number of hydrogen-bond donors (Lipinski definition) is 2. The number of ether oxygens (including phenoxy) is 1. The molecule has 0 aromatic heterocycles. The van der Waals surface area contributed by atoms with Crippen LogP contribution in [0.4, 0.5) is 0 Å². The molecule has 4 aromatic carbocycles. The van der Waals surface area contributed by atoms with Gasteiger partial charge in [-0.3, -0.25) is 14.4 Å². The van der Waals surface area contributed by atoms with Gasteiger partial charge in [-0.25, -0.2) is 0 Å². The van der Waals surface area contributed by atoms with Crippen LogP contribution in [0.25, 0.3) is 11.1 Å². The fourth-order valence-corrected chi connectivity index (χ4v) is 4.50. The van der Waals surface area contributed by atoms with Gasteiger partial charge >= 0.3 is 5.97 Å². The van der Waals surface area contributed by atoms with Crippen LogP contribution in [-0.4, -0.2) is 41.4 Å². The van der Waals surface area contributed by atoms with Crippen molar-refractivity contribution in [3.63, 3.8) is 0 Å². The zero-order valence-electron chi connectivity index (χ0n) is 22.6. The third-order valence-corrected chi connectivity index (χ3v) is 6.74. The molecular weight excluding hydrogens is 504 g/mol. The average molecular weight is 537 g/mol. The largest absolute Gasteiger partial charge is 0.497 e. The lowest BCUT2D eigenvalue weighted by Gasteiger charge is -2.24. The van der Waals surface area contributed by atoms with E-state index in [9.17, 15) is 19.5 Å². The van der Waals surface area contributed by atoms with Crippen molar-refractivity contribution in [3.8, 4) is 16.9 Å². The molecule has 0 atom stereocenters. The number of nitrogens with one attached hydrogen (secondary N) is 1. The Labute approximate surface area is 234 Å². The van der Waals surface area contributed by atoms with Crippen molar-refractivity contribution >= 4 is 17.8 Å². The second kappa shape index (κ2) is 13.2. The summed E-state index contributed by atoms with van der Waals surface area (Å²) in [6, 6.07) is 29.4.